The van der Waals surface area contributed by atoms with E-state index >= 15 is 0 Å². The van der Waals surface area contributed by atoms with Crippen LogP contribution in [-0.4, -0.2) is 96.4 Å². The Kier molecular flexibility index (Phi) is 13.0. The van der Waals surface area contributed by atoms with Crippen molar-refractivity contribution in [1.29, 1.82) is 0 Å². The first kappa shape index (κ1) is 39.4. The van der Waals surface area contributed by atoms with Crippen molar-refractivity contribution in [2.24, 2.45) is 13.0 Å². The number of alkyl halides is 3. The third-order valence-corrected chi connectivity index (χ3v) is 9.79. The number of hydrogen-bond donors (Lipinski definition) is 3. The van der Waals surface area contributed by atoms with E-state index < -0.39 is 45.8 Å². The molecule has 0 unspecified atom stereocenters. The summed E-state index contributed by atoms with van der Waals surface area (Å²) >= 11 is 0. The number of amides is 3. The van der Waals surface area contributed by atoms with Crippen molar-refractivity contribution in [1.82, 2.24) is 19.4 Å². The minimum Gasteiger partial charge on any atom is -0.490 e. The van der Waals surface area contributed by atoms with E-state index in [2.05, 4.69) is 15.0 Å². The van der Waals surface area contributed by atoms with Crippen molar-refractivity contribution >= 4 is 33.3 Å². The SMILES string of the molecule is C[C@@H]1CCCCO[C@@H](CN(C)C(=O)Nc2ccc(C(F)(F)F)cc2)[C@H](C)CN([C@@H](C)CO)C(=O)c2cc(NS(=O)(=O)c3cn(C)cn3)ccc2O1. The molecule has 280 valence electrons. The molecule has 4 rings (SSSR count). The minimum absolute atomic E-state index is 0.0816. The van der Waals surface area contributed by atoms with Crippen LogP contribution in [-0.2, 0) is 28.0 Å². The summed E-state index contributed by atoms with van der Waals surface area (Å²) in [6.07, 6.45) is -0.673. The van der Waals surface area contributed by atoms with Gasteiger partial charge in [0.15, 0.2) is 5.03 Å². The highest BCUT2D eigenvalue weighted by molar-refractivity contribution is 7.92. The van der Waals surface area contributed by atoms with Crippen molar-refractivity contribution in [3.8, 4) is 5.75 Å². The second kappa shape index (κ2) is 16.8. The second-order valence-corrected chi connectivity index (χ2v) is 14.5. The third-order valence-electron chi connectivity index (χ3n) is 8.52. The Morgan fingerprint density at radius 1 is 1.14 bits per heavy atom. The Bertz CT molecular complexity index is 1750. The molecule has 0 bridgehead atoms. The summed E-state index contributed by atoms with van der Waals surface area (Å²) in [5, 5.41) is 12.6. The number of carbonyl (C=O) groups is 2. The lowest BCUT2D eigenvalue weighted by Crippen LogP contribution is -2.48. The lowest BCUT2D eigenvalue weighted by molar-refractivity contribution is -0.137. The van der Waals surface area contributed by atoms with E-state index in [0.29, 0.717) is 19.4 Å². The Hall–Kier alpha value is -4.35. The summed E-state index contributed by atoms with van der Waals surface area (Å²) in [4.78, 5) is 34.1. The number of aliphatic hydroxyl groups excluding tert-OH is 1. The van der Waals surface area contributed by atoms with E-state index in [1.165, 1.54) is 64.3 Å². The lowest BCUT2D eigenvalue weighted by atomic mass is 10.0. The Balaban J connectivity index is 1.59. The van der Waals surface area contributed by atoms with Gasteiger partial charge in [-0.15, -0.1) is 0 Å². The Morgan fingerprint density at radius 3 is 2.45 bits per heavy atom. The topological polar surface area (TPSA) is 155 Å². The first-order valence-corrected chi connectivity index (χ1v) is 18.0. The van der Waals surface area contributed by atoms with Gasteiger partial charge in [0.05, 0.1) is 42.3 Å². The highest BCUT2D eigenvalue weighted by atomic mass is 32.2. The molecule has 1 aromatic heterocycles. The van der Waals surface area contributed by atoms with Crippen LogP contribution in [0, 0.1) is 5.92 Å². The molecule has 0 aliphatic carbocycles. The van der Waals surface area contributed by atoms with Gasteiger partial charge in [-0.25, -0.2) is 9.78 Å². The van der Waals surface area contributed by atoms with Crippen LogP contribution >= 0.6 is 0 Å². The number of nitrogens with one attached hydrogen (secondary N) is 2. The molecule has 3 N–H and O–H groups in total. The number of hydrogen-bond acceptors (Lipinski definition) is 8. The number of halogens is 3. The molecule has 17 heteroatoms. The van der Waals surface area contributed by atoms with E-state index in [1.54, 1.807) is 14.0 Å². The van der Waals surface area contributed by atoms with Crippen LogP contribution in [0.15, 0.2) is 60.0 Å². The first-order chi connectivity index (χ1) is 24.0. The second-order valence-electron chi connectivity index (χ2n) is 12.9. The van der Waals surface area contributed by atoms with Crippen LogP contribution in [0.3, 0.4) is 0 Å². The predicted molar refractivity (Wildman–Crippen MR) is 184 cm³/mol. The molecular formula is C34H45F3N6O7S. The number of fused-ring (bicyclic) bond motifs is 1. The number of aromatic nitrogens is 2. The summed E-state index contributed by atoms with van der Waals surface area (Å²) < 4.78 is 81.5. The van der Waals surface area contributed by atoms with E-state index in [1.807, 2.05) is 13.8 Å². The Morgan fingerprint density at radius 2 is 1.82 bits per heavy atom. The number of aryl methyl sites for hydroxylation is 1. The maximum Gasteiger partial charge on any atom is 0.416 e. The number of imidazole rings is 1. The largest absolute Gasteiger partial charge is 0.490 e. The number of sulfonamides is 1. The van der Waals surface area contributed by atoms with Crippen molar-refractivity contribution in [3.05, 3.63) is 66.1 Å². The van der Waals surface area contributed by atoms with Crippen LogP contribution in [0.4, 0.5) is 29.3 Å². The van der Waals surface area contributed by atoms with Gasteiger partial charge in [-0.3, -0.25) is 9.52 Å². The normalized spacial score (nSPS) is 20.1. The van der Waals surface area contributed by atoms with E-state index in [4.69, 9.17) is 9.47 Å². The quantitative estimate of drug-likeness (QED) is 0.285. The molecule has 51 heavy (non-hydrogen) atoms. The Labute approximate surface area is 295 Å². The van der Waals surface area contributed by atoms with Gasteiger partial charge in [-0.1, -0.05) is 6.92 Å². The van der Waals surface area contributed by atoms with Gasteiger partial charge in [0.1, 0.15) is 5.75 Å². The number of rotatable bonds is 8. The molecule has 1 aliphatic rings. The van der Waals surface area contributed by atoms with E-state index in [0.717, 1.165) is 18.6 Å². The third kappa shape index (κ3) is 10.6. The standard InChI is InChI=1S/C34H45F3N6O7S/c1-22-17-43(23(2)20-44)32(45)28-16-27(40-51(47,48)31-19-41(4)21-38-31)13-14-29(28)50-24(3)8-6-7-15-49-30(22)18-42(5)33(46)39-26-11-9-25(10-12-26)34(35,36)37/h9-14,16,19,21-24,30,40,44H,6-8,15,17-18,20H2,1-5H3,(H,39,46)/t22-,23+,24-,30+/m1/s1. The number of urea groups is 1. The van der Waals surface area contributed by atoms with Crippen LogP contribution in [0.2, 0.25) is 0 Å². The number of ether oxygens (including phenoxy) is 2. The monoisotopic (exact) mass is 738 g/mol. The highest BCUT2D eigenvalue weighted by Crippen LogP contribution is 2.31. The van der Waals surface area contributed by atoms with Crippen molar-refractivity contribution in [2.45, 2.75) is 69.5 Å². The van der Waals surface area contributed by atoms with Crippen LogP contribution in [0.5, 0.6) is 5.75 Å². The summed E-state index contributed by atoms with van der Waals surface area (Å²) in [6, 6.07) is 7.30. The molecule has 1 aliphatic heterocycles. The van der Waals surface area contributed by atoms with Gasteiger partial charge in [0, 0.05) is 57.3 Å². The molecule has 0 fully saturated rings. The number of benzene rings is 2. The summed E-state index contributed by atoms with van der Waals surface area (Å²) in [6.45, 7) is 5.52. The molecule has 0 spiro atoms. The molecule has 0 saturated heterocycles. The first-order valence-electron chi connectivity index (χ1n) is 16.5. The summed E-state index contributed by atoms with van der Waals surface area (Å²) in [5.74, 6) is -0.657. The smallest absolute Gasteiger partial charge is 0.416 e. The average molecular weight is 739 g/mol. The predicted octanol–water partition coefficient (Wildman–Crippen LogP) is 5.20. The van der Waals surface area contributed by atoms with Gasteiger partial charge in [-0.05, 0) is 75.6 Å². The fraction of sp³-hybridized carbons (Fsp3) is 0.500. The zero-order valence-corrected chi connectivity index (χ0v) is 30.0. The molecule has 0 radical (unpaired) electrons. The molecule has 2 aromatic carbocycles. The van der Waals surface area contributed by atoms with E-state index in [-0.39, 0.29) is 59.4 Å². The molecule has 3 aromatic rings. The fourth-order valence-corrected chi connectivity index (χ4v) is 6.53. The number of nitrogens with zero attached hydrogens (tertiary/aromatic N) is 4. The molecule has 4 atom stereocenters. The van der Waals surface area contributed by atoms with Crippen LogP contribution < -0.4 is 14.8 Å². The maximum atomic E-state index is 14.3. The van der Waals surface area contributed by atoms with Gasteiger partial charge in [0.25, 0.3) is 15.9 Å². The number of carbonyl (C=O) groups excluding carboxylic acids is 2. The maximum absolute atomic E-state index is 14.3. The van der Waals surface area contributed by atoms with Crippen molar-refractivity contribution in [3.63, 3.8) is 0 Å². The fourth-order valence-electron chi connectivity index (χ4n) is 5.50. The average Bonchev–Trinajstić information content (AvgIpc) is 3.53. The lowest BCUT2D eigenvalue weighted by Gasteiger charge is -2.35. The zero-order valence-electron chi connectivity index (χ0n) is 29.2. The molecule has 3 amide bonds. The summed E-state index contributed by atoms with van der Waals surface area (Å²) in [7, 11) is -0.912. The molecular weight excluding hydrogens is 693 g/mol. The van der Waals surface area contributed by atoms with Gasteiger partial charge >= 0.3 is 12.2 Å². The highest BCUT2D eigenvalue weighted by Gasteiger charge is 2.32. The number of likely N-dealkylation sites (N-methyl/N-ethyl adjacent to an activating group) is 1. The minimum atomic E-state index is -4.51. The molecule has 2 heterocycles. The van der Waals surface area contributed by atoms with Crippen LogP contribution in [0.25, 0.3) is 0 Å². The zero-order chi connectivity index (χ0) is 37.5. The van der Waals surface area contributed by atoms with Crippen molar-refractivity contribution < 1.29 is 45.8 Å². The number of aliphatic hydroxyl groups is 1. The molecule has 0 saturated carbocycles. The number of anilines is 2. The van der Waals surface area contributed by atoms with Gasteiger partial charge in [0.2, 0.25) is 0 Å². The van der Waals surface area contributed by atoms with Crippen LogP contribution in [0.1, 0.15) is 56.0 Å². The van der Waals surface area contributed by atoms with E-state index in [9.17, 15) is 36.3 Å². The molecule has 13 nitrogen and oxygen atoms in total. The van der Waals surface area contributed by atoms with Gasteiger partial charge < -0.3 is 34.3 Å². The summed E-state index contributed by atoms with van der Waals surface area (Å²) in [5.41, 5.74) is -0.461. The van der Waals surface area contributed by atoms with Gasteiger partial charge in [-0.2, -0.15) is 21.6 Å². The van der Waals surface area contributed by atoms with Crippen molar-refractivity contribution in [2.75, 3.05) is 43.4 Å².